The number of aromatic nitrogens is 2. The molecule has 1 heterocycles. The monoisotopic (exact) mass is 325 g/mol. The number of hydrogen-bond donors (Lipinski definition) is 1. The van der Waals surface area contributed by atoms with E-state index in [4.69, 9.17) is 16.3 Å². The molecule has 0 aliphatic rings. The minimum Gasteiger partial charge on any atom is -0.437 e. The zero-order valence-electron chi connectivity index (χ0n) is 11.9. The van der Waals surface area contributed by atoms with Gasteiger partial charge in [0.05, 0.1) is 16.8 Å². The van der Waals surface area contributed by atoms with Crippen molar-refractivity contribution in [1.29, 1.82) is 0 Å². The summed E-state index contributed by atoms with van der Waals surface area (Å²) in [6.07, 6.45) is 4.61. The fourth-order valence-corrected chi connectivity index (χ4v) is 2.16. The smallest absolute Gasteiger partial charge is 0.257 e. The summed E-state index contributed by atoms with van der Waals surface area (Å²) in [5, 5.41) is 3.19. The zero-order valence-corrected chi connectivity index (χ0v) is 12.7. The van der Waals surface area contributed by atoms with Gasteiger partial charge in [-0.15, -0.1) is 0 Å². The van der Waals surface area contributed by atoms with Crippen LogP contribution in [0.4, 0.5) is 5.69 Å². The molecule has 0 fully saturated rings. The normalized spacial score (nSPS) is 10.1. The molecular formula is C17H12ClN3O2. The van der Waals surface area contributed by atoms with Crippen molar-refractivity contribution in [3.8, 4) is 11.6 Å². The molecule has 0 aliphatic carbocycles. The third kappa shape index (κ3) is 3.84. The van der Waals surface area contributed by atoms with Gasteiger partial charge in [0.25, 0.3) is 5.91 Å². The number of carbonyl (C=O) groups is 1. The van der Waals surface area contributed by atoms with Crippen LogP contribution in [0.15, 0.2) is 67.1 Å². The van der Waals surface area contributed by atoms with E-state index in [1.54, 1.807) is 60.9 Å². The van der Waals surface area contributed by atoms with Gasteiger partial charge < -0.3 is 10.1 Å². The van der Waals surface area contributed by atoms with Crippen LogP contribution in [0.2, 0.25) is 5.02 Å². The molecule has 114 valence electrons. The number of ether oxygens (including phenoxy) is 1. The average Bonchev–Trinajstić information content (AvgIpc) is 2.56. The highest BCUT2D eigenvalue weighted by molar-refractivity contribution is 6.34. The Morgan fingerprint density at radius 3 is 2.74 bits per heavy atom. The Morgan fingerprint density at radius 2 is 1.96 bits per heavy atom. The predicted octanol–water partition coefficient (Wildman–Crippen LogP) is 4.17. The van der Waals surface area contributed by atoms with E-state index in [0.717, 1.165) is 0 Å². The minimum atomic E-state index is -0.285. The third-order valence-electron chi connectivity index (χ3n) is 2.97. The van der Waals surface area contributed by atoms with Crippen molar-refractivity contribution < 1.29 is 9.53 Å². The Balaban J connectivity index is 1.75. The molecule has 0 saturated carbocycles. The molecule has 1 N–H and O–H groups in total. The van der Waals surface area contributed by atoms with E-state index in [1.165, 1.54) is 6.20 Å². The summed E-state index contributed by atoms with van der Waals surface area (Å²) < 4.78 is 5.58. The summed E-state index contributed by atoms with van der Waals surface area (Å²) in [6, 6.07) is 13.9. The molecule has 0 saturated heterocycles. The lowest BCUT2D eigenvalue weighted by Crippen LogP contribution is -2.12. The van der Waals surface area contributed by atoms with Crippen molar-refractivity contribution in [2.75, 3.05) is 5.32 Å². The number of nitrogens with zero attached hydrogens (tertiary/aromatic N) is 2. The molecule has 3 aromatic rings. The van der Waals surface area contributed by atoms with Gasteiger partial charge in [-0.3, -0.25) is 9.78 Å². The third-order valence-corrected chi connectivity index (χ3v) is 3.30. The molecule has 0 unspecified atom stereocenters. The van der Waals surface area contributed by atoms with Crippen LogP contribution < -0.4 is 10.1 Å². The number of anilines is 1. The first kappa shape index (κ1) is 15.0. The van der Waals surface area contributed by atoms with E-state index in [-0.39, 0.29) is 5.91 Å². The van der Waals surface area contributed by atoms with Crippen LogP contribution in [-0.2, 0) is 0 Å². The number of nitrogens with one attached hydrogen (secondary N) is 1. The van der Waals surface area contributed by atoms with Gasteiger partial charge in [0, 0.05) is 24.1 Å². The van der Waals surface area contributed by atoms with Crippen LogP contribution in [-0.4, -0.2) is 15.9 Å². The van der Waals surface area contributed by atoms with Gasteiger partial charge in [0.2, 0.25) is 5.88 Å². The van der Waals surface area contributed by atoms with Gasteiger partial charge in [0.1, 0.15) is 5.75 Å². The molecule has 0 radical (unpaired) electrons. The molecule has 5 nitrogen and oxygen atoms in total. The first-order valence-corrected chi connectivity index (χ1v) is 7.20. The highest BCUT2D eigenvalue weighted by atomic mass is 35.5. The number of carbonyl (C=O) groups excluding carboxylic acids is 1. The van der Waals surface area contributed by atoms with Gasteiger partial charge >= 0.3 is 0 Å². The maximum absolute atomic E-state index is 12.2. The predicted molar refractivity (Wildman–Crippen MR) is 88.0 cm³/mol. The lowest BCUT2D eigenvalue weighted by molar-refractivity contribution is 0.102. The molecule has 0 atom stereocenters. The first-order chi connectivity index (χ1) is 11.2. The van der Waals surface area contributed by atoms with Gasteiger partial charge in [-0.2, -0.15) is 0 Å². The summed E-state index contributed by atoms with van der Waals surface area (Å²) in [6.45, 7) is 0. The molecule has 0 spiro atoms. The van der Waals surface area contributed by atoms with Crippen LogP contribution in [0.5, 0.6) is 11.6 Å². The molecule has 23 heavy (non-hydrogen) atoms. The van der Waals surface area contributed by atoms with Crippen molar-refractivity contribution in [2.24, 2.45) is 0 Å². The summed E-state index contributed by atoms with van der Waals surface area (Å²) in [7, 11) is 0. The molecule has 2 aromatic carbocycles. The average molecular weight is 326 g/mol. The van der Waals surface area contributed by atoms with Crippen molar-refractivity contribution in [1.82, 2.24) is 9.97 Å². The van der Waals surface area contributed by atoms with Crippen LogP contribution in [0.1, 0.15) is 10.4 Å². The van der Waals surface area contributed by atoms with E-state index in [1.807, 2.05) is 0 Å². The Bertz CT molecular complexity index is 825. The number of hydrogen-bond acceptors (Lipinski definition) is 4. The minimum absolute atomic E-state index is 0.285. The second-order valence-corrected chi connectivity index (χ2v) is 5.01. The Labute approximate surface area is 137 Å². The van der Waals surface area contributed by atoms with Gasteiger partial charge in [-0.25, -0.2) is 4.98 Å². The summed E-state index contributed by atoms with van der Waals surface area (Å²) in [5.74, 6) is 0.636. The van der Waals surface area contributed by atoms with Crippen LogP contribution in [0.25, 0.3) is 0 Å². The van der Waals surface area contributed by atoms with Crippen molar-refractivity contribution in [3.05, 3.63) is 77.7 Å². The molecule has 1 aromatic heterocycles. The van der Waals surface area contributed by atoms with Crippen LogP contribution >= 0.6 is 11.6 Å². The SMILES string of the molecule is O=C(Nc1cccc(Oc2cnccn2)c1)c1ccccc1Cl. The van der Waals surface area contributed by atoms with E-state index in [0.29, 0.717) is 27.9 Å². The number of amides is 1. The molecule has 0 bridgehead atoms. The molecular weight excluding hydrogens is 314 g/mol. The van der Waals surface area contributed by atoms with Crippen LogP contribution in [0.3, 0.4) is 0 Å². The second-order valence-electron chi connectivity index (χ2n) is 4.61. The van der Waals surface area contributed by atoms with E-state index >= 15 is 0 Å². The maximum Gasteiger partial charge on any atom is 0.257 e. The Morgan fingerprint density at radius 1 is 1.09 bits per heavy atom. The zero-order chi connectivity index (χ0) is 16.1. The first-order valence-electron chi connectivity index (χ1n) is 6.82. The number of benzene rings is 2. The Kier molecular flexibility index (Phi) is 4.49. The van der Waals surface area contributed by atoms with Crippen LogP contribution in [0, 0.1) is 0 Å². The highest BCUT2D eigenvalue weighted by Crippen LogP contribution is 2.23. The van der Waals surface area contributed by atoms with Crippen molar-refractivity contribution in [2.45, 2.75) is 0 Å². The fraction of sp³-hybridized carbons (Fsp3) is 0. The summed E-state index contributed by atoms with van der Waals surface area (Å²) in [5.41, 5.74) is 1.01. The van der Waals surface area contributed by atoms with Crippen molar-refractivity contribution >= 4 is 23.2 Å². The quantitative estimate of drug-likeness (QED) is 0.781. The topological polar surface area (TPSA) is 64.1 Å². The number of halogens is 1. The second kappa shape index (κ2) is 6.89. The molecule has 3 rings (SSSR count). The maximum atomic E-state index is 12.2. The largest absolute Gasteiger partial charge is 0.437 e. The van der Waals surface area contributed by atoms with E-state index < -0.39 is 0 Å². The molecule has 1 amide bonds. The lowest BCUT2D eigenvalue weighted by atomic mass is 10.2. The van der Waals surface area contributed by atoms with E-state index in [9.17, 15) is 4.79 Å². The van der Waals surface area contributed by atoms with Gasteiger partial charge in [-0.1, -0.05) is 29.8 Å². The highest BCUT2D eigenvalue weighted by Gasteiger charge is 2.10. The molecule has 0 aliphatic heterocycles. The lowest BCUT2D eigenvalue weighted by Gasteiger charge is -2.09. The summed E-state index contributed by atoms with van der Waals surface area (Å²) >= 11 is 6.02. The van der Waals surface area contributed by atoms with Crippen molar-refractivity contribution in [3.63, 3.8) is 0 Å². The summed E-state index contributed by atoms with van der Waals surface area (Å²) in [4.78, 5) is 20.2. The van der Waals surface area contributed by atoms with Gasteiger partial charge in [-0.05, 0) is 24.3 Å². The van der Waals surface area contributed by atoms with E-state index in [2.05, 4.69) is 15.3 Å². The standard InChI is InChI=1S/C17H12ClN3O2/c18-15-7-2-1-6-14(15)17(22)21-12-4-3-5-13(10-12)23-16-11-19-8-9-20-16/h1-11H,(H,21,22). The number of rotatable bonds is 4. The fourth-order valence-electron chi connectivity index (χ4n) is 1.94. The molecule has 6 heteroatoms. The Hall–Kier alpha value is -2.92. The van der Waals surface area contributed by atoms with Gasteiger partial charge in [0.15, 0.2) is 0 Å².